The molecule has 3 nitrogen and oxygen atoms in total. The molecule has 4 heteroatoms. The van der Waals surface area contributed by atoms with Gasteiger partial charge in [0, 0.05) is 34.4 Å². The predicted molar refractivity (Wildman–Crippen MR) is 98.1 cm³/mol. The molecule has 1 amide bonds. The molecule has 24 heavy (non-hydrogen) atoms. The Balaban J connectivity index is 2.18. The van der Waals surface area contributed by atoms with Gasteiger partial charge in [-0.2, -0.15) is 0 Å². The van der Waals surface area contributed by atoms with Crippen molar-refractivity contribution in [1.29, 1.82) is 0 Å². The van der Waals surface area contributed by atoms with Gasteiger partial charge in [0.1, 0.15) is 5.69 Å². The van der Waals surface area contributed by atoms with Gasteiger partial charge in [-0.1, -0.05) is 29.5 Å². The Labute approximate surface area is 148 Å². The molecule has 0 N–H and O–H groups in total. The number of aromatic nitrogens is 1. The molecule has 124 valence electrons. The summed E-state index contributed by atoms with van der Waals surface area (Å²) >= 11 is 5.94. The first-order chi connectivity index (χ1) is 11.3. The molecule has 0 fully saturated rings. The Kier molecular flexibility index (Phi) is 5.64. The number of amides is 1. The fourth-order valence-electron chi connectivity index (χ4n) is 2.37. The number of carbonyl (C=O) groups excluding carboxylic acids is 1. The molecule has 0 spiro atoms. The van der Waals surface area contributed by atoms with E-state index in [1.54, 1.807) is 17.2 Å². The van der Waals surface area contributed by atoms with Gasteiger partial charge < -0.3 is 4.90 Å². The van der Waals surface area contributed by atoms with Gasteiger partial charge in [0.15, 0.2) is 0 Å². The fraction of sp³-hybridized carbons (Fsp3) is 0.300. The van der Waals surface area contributed by atoms with Gasteiger partial charge in [-0.25, -0.2) is 4.98 Å². The molecule has 0 radical (unpaired) electrons. The highest BCUT2D eigenvalue weighted by Gasteiger charge is 2.26. The molecule has 1 heterocycles. The summed E-state index contributed by atoms with van der Waals surface area (Å²) in [6.45, 7) is 8.64. The maximum Gasteiger partial charge on any atom is 0.272 e. The molecular formula is C20H21ClN2O. The maximum absolute atomic E-state index is 12.6. The Morgan fingerprint density at radius 2 is 1.88 bits per heavy atom. The van der Waals surface area contributed by atoms with Gasteiger partial charge in [-0.15, -0.1) is 0 Å². The molecule has 1 aromatic heterocycles. The van der Waals surface area contributed by atoms with E-state index in [0.717, 1.165) is 11.1 Å². The number of hydrogen-bond donors (Lipinski definition) is 0. The minimum atomic E-state index is -0.238. The van der Waals surface area contributed by atoms with Crippen molar-refractivity contribution in [3.63, 3.8) is 0 Å². The summed E-state index contributed by atoms with van der Waals surface area (Å²) in [6.07, 6.45) is 1.63. The van der Waals surface area contributed by atoms with Gasteiger partial charge in [-0.3, -0.25) is 4.79 Å². The van der Waals surface area contributed by atoms with Crippen molar-refractivity contribution in [2.24, 2.45) is 0 Å². The van der Waals surface area contributed by atoms with Crippen LogP contribution < -0.4 is 0 Å². The number of benzene rings is 1. The van der Waals surface area contributed by atoms with Gasteiger partial charge in [-0.05, 0) is 58.0 Å². The third-order valence-corrected chi connectivity index (χ3v) is 3.76. The van der Waals surface area contributed by atoms with Crippen LogP contribution >= 0.6 is 11.6 Å². The first kappa shape index (κ1) is 18.0. The zero-order valence-corrected chi connectivity index (χ0v) is 15.2. The van der Waals surface area contributed by atoms with Crippen molar-refractivity contribution < 1.29 is 4.79 Å². The molecule has 0 saturated carbocycles. The molecule has 2 rings (SSSR count). The van der Waals surface area contributed by atoms with Crippen LogP contribution in [0.3, 0.4) is 0 Å². The summed E-state index contributed by atoms with van der Waals surface area (Å²) in [4.78, 5) is 18.6. The molecule has 1 aromatic carbocycles. The van der Waals surface area contributed by atoms with Crippen LogP contribution in [-0.4, -0.2) is 27.9 Å². The van der Waals surface area contributed by atoms with Crippen LogP contribution in [0.4, 0.5) is 0 Å². The molecule has 0 aliphatic carbocycles. The van der Waals surface area contributed by atoms with E-state index in [4.69, 9.17) is 11.6 Å². The Hall–Kier alpha value is -2.31. The summed E-state index contributed by atoms with van der Waals surface area (Å²) in [5, 5.41) is 0.655. The second-order valence-electron chi connectivity index (χ2n) is 6.41. The second-order valence-corrected chi connectivity index (χ2v) is 6.85. The normalized spacial score (nSPS) is 10.7. The zero-order chi connectivity index (χ0) is 17.7. The van der Waals surface area contributed by atoms with Gasteiger partial charge in [0.2, 0.25) is 0 Å². The third kappa shape index (κ3) is 4.59. The number of carbonyl (C=O) groups is 1. The lowest BCUT2D eigenvalue weighted by Gasteiger charge is -2.34. The Bertz CT molecular complexity index is 780. The van der Waals surface area contributed by atoms with Crippen molar-refractivity contribution in [3.8, 4) is 11.8 Å². The monoisotopic (exact) mass is 340 g/mol. The lowest BCUT2D eigenvalue weighted by atomic mass is 10.1. The highest BCUT2D eigenvalue weighted by Crippen LogP contribution is 2.16. The largest absolute Gasteiger partial charge is 0.333 e. The third-order valence-electron chi connectivity index (χ3n) is 3.53. The minimum Gasteiger partial charge on any atom is -0.333 e. The molecule has 0 aliphatic heterocycles. The molecule has 0 atom stereocenters. The summed E-state index contributed by atoms with van der Waals surface area (Å²) in [5.41, 5.74) is 1.79. The first-order valence-corrected chi connectivity index (χ1v) is 8.24. The van der Waals surface area contributed by atoms with E-state index in [-0.39, 0.29) is 11.4 Å². The minimum absolute atomic E-state index is 0.0700. The number of nitrogens with zero attached hydrogens (tertiary/aromatic N) is 2. The average molecular weight is 341 g/mol. The zero-order valence-electron chi connectivity index (χ0n) is 14.4. The lowest BCUT2D eigenvalue weighted by molar-refractivity contribution is 0.0593. The van der Waals surface area contributed by atoms with Crippen LogP contribution in [0, 0.1) is 11.8 Å². The Morgan fingerprint density at radius 1 is 1.17 bits per heavy atom. The van der Waals surface area contributed by atoms with Crippen LogP contribution in [0.2, 0.25) is 5.02 Å². The van der Waals surface area contributed by atoms with Crippen molar-refractivity contribution in [2.75, 3.05) is 6.54 Å². The van der Waals surface area contributed by atoms with Gasteiger partial charge >= 0.3 is 0 Å². The number of hydrogen-bond acceptors (Lipinski definition) is 2. The van der Waals surface area contributed by atoms with E-state index in [1.165, 1.54) is 0 Å². The quantitative estimate of drug-likeness (QED) is 0.759. The molecule has 0 bridgehead atoms. The highest BCUT2D eigenvalue weighted by atomic mass is 35.5. The molecule has 0 aliphatic rings. The second kappa shape index (κ2) is 7.51. The van der Waals surface area contributed by atoms with Crippen LogP contribution in [0.25, 0.3) is 0 Å². The number of halogens is 1. The molecule has 0 unspecified atom stereocenters. The van der Waals surface area contributed by atoms with E-state index in [2.05, 4.69) is 16.8 Å². The van der Waals surface area contributed by atoms with E-state index >= 15 is 0 Å². The maximum atomic E-state index is 12.6. The molecule has 2 aromatic rings. The van der Waals surface area contributed by atoms with Crippen molar-refractivity contribution in [2.45, 2.75) is 33.2 Å². The van der Waals surface area contributed by atoms with E-state index in [9.17, 15) is 4.79 Å². The number of rotatable bonds is 2. The van der Waals surface area contributed by atoms with Crippen LogP contribution in [0.5, 0.6) is 0 Å². The summed E-state index contributed by atoms with van der Waals surface area (Å²) in [6, 6.07) is 10.9. The van der Waals surface area contributed by atoms with Crippen molar-refractivity contribution >= 4 is 17.5 Å². The van der Waals surface area contributed by atoms with Crippen molar-refractivity contribution in [1.82, 2.24) is 9.88 Å². The smallest absolute Gasteiger partial charge is 0.272 e. The lowest BCUT2D eigenvalue weighted by Crippen LogP contribution is -2.45. The summed E-state index contributed by atoms with van der Waals surface area (Å²) in [7, 11) is 0. The van der Waals surface area contributed by atoms with E-state index in [1.807, 2.05) is 58.0 Å². The van der Waals surface area contributed by atoms with Crippen LogP contribution in [-0.2, 0) is 0 Å². The van der Waals surface area contributed by atoms with Gasteiger partial charge in [0.25, 0.3) is 5.91 Å². The predicted octanol–water partition coefficient (Wildman–Crippen LogP) is 4.40. The van der Waals surface area contributed by atoms with Gasteiger partial charge in [0.05, 0.1) is 0 Å². The van der Waals surface area contributed by atoms with Crippen molar-refractivity contribution in [3.05, 3.63) is 64.4 Å². The van der Waals surface area contributed by atoms with Crippen LogP contribution in [0.15, 0.2) is 42.6 Å². The first-order valence-electron chi connectivity index (χ1n) is 7.87. The van der Waals surface area contributed by atoms with E-state index in [0.29, 0.717) is 17.3 Å². The molecular weight excluding hydrogens is 320 g/mol. The van der Waals surface area contributed by atoms with Crippen LogP contribution in [0.1, 0.15) is 49.3 Å². The summed E-state index contributed by atoms with van der Waals surface area (Å²) in [5.74, 6) is 6.00. The van der Waals surface area contributed by atoms with E-state index < -0.39 is 0 Å². The number of pyridine rings is 1. The average Bonchev–Trinajstić information content (AvgIpc) is 2.53. The summed E-state index contributed by atoms with van der Waals surface area (Å²) < 4.78 is 0. The fourth-order valence-corrected chi connectivity index (χ4v) is 2.56. The standard InChI is InChI=1S/C20H21ClN2O/c1-5-23(20(2,3)4)19(24)18-12-11-16(14-22-18)10-9-15-7-6-8-17(21)13-15/h6-8,11-14H,5H2,1-4H3. The SMILES string of the molecule is CCN(C(=O)c1ccc(C#Cc2cccc(Cl)c2)cn1)C(C)(C)C. The Morgan fingerprint density at radius 3 is 2.42 bits per heavy atom. The highest BCUT2D eigenvalue weighted by molar-refractivity contribution is 6.30. The molecule has 0 saturated heterocycles. The topological polar surface area (TPSA) is 33.2 Å².